The predicted molar refractivity (Wildman–Crippen MR) is 66.1 cm³/mol. The molecule has 5 nitrogen and oxygen atoms in total. The Morgan fingerprint density at radius 3 is 3.18 bits per heavy atom. The molecular weight excluding hydrogens is 240 g/mol. The number of nitrogens with zero attached hydrogens (tertiary/aromatic N) is 3. The topological polar surface area (TPSA) is 58.1 Å². The highest BCUT2D eigenvalue weighted by atomic mass is 35.5. The number of piperidine rings is 1. The Morgan fingerprint density at radius 2 is 2.47 bits per heavy atom. The van der Waals surface area contributed by atoms with E-state index in [-0.39, 0.29) is 17.8 Å². The smallest absolute Gasteiger partial charge is 0.235 e. The van der Waals surface area contributed by atoms with Gasteiger partial charge in [0.1, 0.15) is 11.7 Å². The standard InChI is InChI=1S/C11H15ClN4O/c12-6-11(17)15-9-2-1-5-16(8-9)10-7-13-3-4-14-10/h3-4,7,9H,1-2,5-6,8H2,(H,15,17)/t9-/m1/s1. The lowest BCUT2D eigenvalue weighted by Gasteiger charge is -2.33. The zero-order valence-electron chi connectivity index (χ0n) is 9.47. The van der Waals surface area contributed by atoms with Crippen molar-refractivity contribution in [2.45, 2.75) is 18.9 Å². The third-order valence-corrected chi connectivity index (χ3v) is 3.02. The lowest BCUT2D eigenvalue weighted by atomic mass is 10.1. The summed E-state index contributed by atoms with van der Waals surface area (Å²) in [6.07, 6.45) is 7.09. The molecule has 1 aromatic rings. The van der Waals surface area contributed by atoms with Gasteiger partial charge in [-0.25, -0.2) is 4.98 Å². The average molecular weight is 255 g/mol. The molecule has 1 amide bonds. The number of alkyl halides is 1. The second-order valence-corrected chi connectivity index (χ2v) is 4.32. The maximum atomic E-state index is 11.2. The van der Waals surface area contributed by atoms with E-state index in [4.69, 9.17) is 11.6 Å². The minimum atomic E-state index is -0.113. The van der Waals surface area contributed by atoms with Gasteiger partial charge in [0.25, 0.3) is 0 Å². The molecule has 2 heterocycles. The molecule has 92 valence electrons. The Hall–Kier alpha value is -1.36. The zero-order valence-corrected chi connectivity index (χ0v) is 10.2. The molecule has 0 spiro atoms. The lowest BCUT2D eigenvalue weighted by molar-refractivity contribution is -0.119. The van der Waals surface area contributed by atoms with E-state index in [0.29, 0.717) is 0 Å². The van der Waals surface area contributed by atoms with E-state index in [1.54, 1.807) is 18.6 Å². The van der Waals surface area contributed by atoms with Crippen molar-refractivity contribution in [1.29, 1.82) is 0 Å². The summed E-state index contributed by atoms with van der Waals surface area (Å²) >= 11 is 5.48. The molecule has 1 aliphatic heterocycles. The first-order valence-corrected chi connectivity index (χ1v) is 6.19. The molecule has 17 heavy (non-hydrogen) atoms. The van der Waals surface area contributed by atoms with Crippen LogP contribution in [0.25, 0.3) is 0 Å². The van der Waals surface area contributed by atoms with Crippen LogP contribution in [0.5, 0.6) is 0 Å². The summed E-state index contributed by atoms with van der Waals surface area (Å²) in [5.74, 6) is 0.761. The molecule has 1 aliphatic rings. The van der Waals surface area contributed by atoms with Gasteiger partial charge in [-0.1, -0.05) is 0 Å². The van der Waals surface area contributed by atoms with Crippen LogP contribution >= 0.6 is 11.6 Å². The van der Waals surface area contributed by atoms with Gasteiger partial charge < -0.3 is 10.2 Å². The number of hydrogen-bond donors (Lipinski definition) is 1. The van der Waals surface area contributed by atoms with Crippen LogP contribution in [-0.4, -0.2) is 40.9 Å². The van der Waals surface area contributed by atoms with E-state index >= 15 is 0 Å². The van der Waals surface area contributed by atoms with Crippen LogP contribution in [0.15, 0.2) is 18.6 Å². The first kappa shape index (κ1) is 12.1. The van der Waals surface area contributed by atoms with Crippen LogP contribution in [0.3, 0.4) is 0 Å². The highest BCUT2D eigenvalue weighted by Crippen LogP contribution is 2.16. The fourth-order valence-corrected chi connectivity index (χ4v) is 2.10. The van der Waals surface area contributed by atoms with E-state index in [1.165, 1.54) is 0 Å². The molecule has 0 saturated carbocycles. The summed E-state index contributed by atoms with van der Waals surface area (Å²) in [5.41, 5.74) is 0. The number of halogens is 1. The van der Waals surface area contributed by atoms with E-state index in [0.717, 1.165) is 31.7 Å². The Morgan fingerprint density at radius 1 is 1.59 bits per heavy atom. The van der Waals surface area contributed by atoms with Gasteiger partial charge in [0, 0.05) is 31.5 Å². The van der Waals surface area contributed by atoms with Crippen LogP contribution < -0.4 is 10.2 Å². The van der Waals surface area contributed by atoms with Gasteiger partial charge in [0.15, 0.2) is 0 Å². The Bertz CT molecular complexity index is 373. The molecule has 0 unspecified atom stereocenters. The van der Waals surface area contributed by atoms with Gasteiger partial charge in [0.05, 0.1) is 6.20 Å². The second-order valence-electron chi connectivity index (χ2n) is 4.05. The maximum absolute atomic E-state index is 11.2. The van der Waals surface area contributed by atoms with Gasteiger partial charge in [0.2, 0.25) is 5.91 Å². The molecule has 0 bridgehead atoms. The van der Waals surface area contributed by atoms with Gasteiger partial charge >= 0.3 is 0 Å². The first-order chi connectivity index (χ1) is 8.29. The summed E-state index contributed by atoms with van der Waals surface area (Å²) in [7, 11) is 0. The molecule has 0 radical (unpaired) electrons. The molecule has 1 N–H and O–H groups in total. The van der Waals surface area contributed by atoms with Crippen LogP contribution in [0.2, 0.25) is 0 Å². The maximum Gasteiger partial charge on any atom is 0.235 e. The molecule has 0 aromatic carbocycles. The van der Waals surface area contributed by atoms with E-state index in [2.05, 4.69) is 20.2 Å². The molecule has 1 fully saturated rings. The van der Waals surface area contributed by atoms with Gasteiger partial charge in [-0.2, -0.15) is 0 Å². The molecule has 1 atom stereocenters. The highest BCUT2D eigenvalue weighted by Gasteiger charge is 2.21. The van der Waals surface area contributed by atoms with Crippen molar-refractivity contribution in [1.82, 2.24) is 15.3 Å². The Balaban J connectivity index is 1.95. The number of carbonyl (C=O) groups excluding carboxylic acids is 1. The number of rotatable bonds is 3. The normalized spacial score (nSPS) is 20.1. The van der Waals surface area contributed by atoms with Crippen molar-refractivity contribution in [3.8, 4) is 0 Å². The average Bonchev–Trinajstić information content (AvgIpc) is 2.40. The summed E-state index contributed by atoms with van der Waals surface area (Å²) in [5, 5.41) is 2.91. The van der Waals surface area contributed by atoms with Crippen molar-refractivity contribution in [2.24, 2.45) is 0 Å². The fraction of sp³-hybridized carbons (Fsp3) is 0.545. The van der Waals surface area contributed by atoms with Crippen molar-refractivity contribution in [3.63, 3.8) is 0 Å². The van der Waals surface area contributed by atoms with E-state index in [1.807, 2.05) is 0 Å². The van der Waals surface area contributed by atoms with Gasteiger partial charge in [-0.15, -0.1) is 11.6 Å². The molecule has 1 saturated heterocycles. The monoisotopic (exact) mass is 254 g/mol. The minimum Gasteiger partial charge on any atom is -0.353 e. The van der Waals surface area contributed by atoms with Crippen LogP contribution in [0.1, 0.15) is 12.8 Å². The lowest BCUT2D eigenvalue weighted by Crippen LogP contribution is -2.48. The SMILES string of the molecule is O=C(CCl)N[C@@H]1CCCN(c2cnccn2)C1. The van der Waals surface area contributed by atoms with Crippen molar-refractivity contribution < 1.29 is 4.79 Å². The van der Waals surface area contributed by atoms with Crippen LogP contribution in [0, 0.1) is 0 Å². The summed E-state index contributed by atoms with van der Waals surface area (Å²) in [6, 6.07) is 0.150. The third kappa shape index (κ3) is 3.30. The number of carbonyl (C=O) groups is 1. The van der Waals surface area contributed by atoms with E-state index < -0.39 is 0 Å². The summed E-state index contributed by atoms with van der Waals surface area (Å²) in [6.45, 7) is 1.72. The van der Waals surface area contributed by atoms with Crippen molar-refractivity contribution in [2.75, 3.05) is 23.9 Å². The minimum absolute atomic E-state index is 0.0155. The number of nitrogens with one attached hydrogen (secondary N) is 1. The van der Waals surface area contributed by atoms with Crippen LogP contribution in [0.4, 0.5) is 5.82 Å². The Kier molecular flexibility index (Phi) is 4.14. The van der Waals surface area contributed by atoms with Crippen molar-refractivity contribution >= 4 is 23.3 Å². The van der Waals surface area contributed by atoms with Gasteiger partial charge in [-0.05, 0) is 12.8 Å². The molecule has 1 aromatic heterocycles. The van der Waals surface area contributed by atoms with E-state index in [9.17, 15) is 4.79 Å². The largest absolute Gasteiger partial charge is 0.353 e. The zero-order chi connectivity index (χ0) is 12.1. The highest BCUT2D eigenvalue weighted by molar-refractivity contribution is 6.27. The molecular formula is C11H15ClN4O. The number of hydrogen-bond acceptors (Lipinski definition) is 4. The van der Waals surface area contributed by atoms with Gasteiger partial charge in [-0.3, -0.25) is 9.78 Å². The fourth-order valence-electron chi connectivity index (χ4n) is 2.02. The molecule has 0 aliphatic carbocycles. The predicted octanol–water partition coefficient (Wildman–Crippen LogP) is 0.800. The number of anilines is 1. The van der Waals surface area contributed by atoms with Crippen molar-refractivity contribution in [3.05, 3.63) is 18.6 Å². The summed E-state index contributed by atoms with van der Waals surface area (Å²) in [4.78, 5) is 21.7. The first-order valence-electron chi connectivity index (χ1n) is 5.66. The Labute approximate surface area is 105 Å². The van der Waals surface area contributed by atoms with Crippen LogP contribution in [-0.2, 0) is 4.79 Å². The third-order valence-electron chi connectivity index (χ3n) is 2.78. The molecule has 6 heteroatoms. The second kappa shape index (κ2) is 5.82. The number of amides is 1. The number of aromatic nitrogens is 2. The quantitative estimate of drug-likeness (QED) is 0.811. The summed E-state index contributed by atoms with van der Waals surface area (Å²) < 4.78 is 0. The molecule has 2 rings (SSSR count).